The number of fused-ring (bicyclic) bond motifs is 1. The normalized spacial score (nSPS) is 11.3. The third kappa shape index (κ3) is 3.62. The average molecular weight is 361 g/mol. The molecule has 4 rings (SSSR count). The second-order valence-corrected chi connectivity index (χ2v) is 6.04. The van der Waals surface area contributed by atoms with Crippen LogP contribution in [0.5, 0.6) is 0 Å². The van der Waals surface area contributed by atoms with Gasteiger partial charge in [-0.05, 0) is 42.8 Å². The van der Waals surface area contributed by atoms with Crippen LogP contribution in [-0.2, 0) is 4.79 Å². The second-order valence-electron chi connectivity index (χ2n) is 6.04. The maximum atomic E-state index is 13.2. The predicted octanol–water partition coefficient (Wildman–Crippen LogP) is 3.85. The Morgan fingerprint density at radius 2 is 2.04 bits per heavy atom. The Kier molecular flexibility index (Phi) is 4.25. The highest BCUT2D eigenvalue weighted by Gasteiger charge is 2.13. The van der Waals surface area contributed by atoms with Crippen molar-refractivity contribution in [2.45, 2.75) is 6.92 Å². The Morgan fingerprint density at radius 1 is 1.19 bits per heavy atom. The SMILES string of the molecule is Cc1cc(NC(=O)C=Cc2cccc(F)c2)n(-c2nc3ccccc3[nH]2)n1. The number of para-hydroxylation sites is 2. The molecule has 4 aromatic rings. The van der Waals surface area contributed by atoms with Gasteiger partial charge in [-0.3, -0.25) is 4.79 Å². The van der Waals surface area contributed by atoms with E-state index in [-0.39, 0.29) is 11.7 Å². The number of benzene rings is 2. The van der Waals surface area contributed by atoms with Crippen molar-refractivity contribution < 1.29 is 9.18 Å². The van der Waals surface area contributed by atoms with E-state index in [0.29, 0.717) is 17.3 Å². The molecule has 0 atom stereocenters. The number of hydrogen-bond donors (Lipinski definition) is 2. The van der Waals surface area contributed by atoms with E-state index in [1.54, 1.807) is 29.0 Å². The van der Waals surface area contributed by atoms with Crippen molar-refractivity contribution in [3.63, 3.8) is 0 Å². The van der Waals surface area contributed by atoms with Gasteiger partial charge in [0.15, 0.2) is 0 Å². The van der Waals surface area contributed by atoms with Crippen LogP contribution in [0.3, 0.4) is 0 Å². The van der Waals surface area contributed by atoms with E-state index in [1.165, 1.54) is 18.2 Å². The fraction of sp³-hybridized carbons (Fsp3) is 0.0500. The molecule has 0 saturated carbocycles. The number of nitrogens with one attached hydrogen (secondary N) is 2. The molecule has 0 aliphatic rings. The van der Waals surface area contributed by atoms with Crippen molar-refractivity contribution in [1.29, 1.82) is 0 Å². The van der Waals surface area contributed by atoms with Crippen molar-refractivity contribution in [2.75, 3.05) is 5.32 Å². The maximum absolute atomic E-state index is 13.2. The number of aryl methyl sites for hydroxylation is 1. The summed E-state index contributed by atoms with van der Waals surface area (Å²) in [4.78, 5) is 20.0. The first kappa shape index (κ1) is 16.7. The Bertz CT molecular complexity index is 1130. The number of carbonyl (C=O) groups is 1. The smallest absolute Gasteiger partial charge is 0.249 e. The van der Waals surface area contributed by atoms with Crippen LogP contribution in [-0.4, -0.2) is 25.7 Å². The molecule has 2 aromatic carbocycles. The third-order valence-electron chi connectivity index (χ3n) is 3.94. The summed E-state index contributed by atoms with van der Waals surface area (Å²) in [5, 5.41) is 7.17. The van der Waals surface area contributed by atoms with Gasteiger partial charge in [-0.2, -0.15) is 9.78 Å². The Hall–Kier alpha value is -3.74. The molecule has 6 nitrogen and oxygen atoms in total. The number of halogens is 1. The highest BCUT2D eigenvalue weighted by molar-refractivity contribution is 6.01. The summed E-state index contributed by atoms with van der Waals surface area (Å²) in [5.74, 6) is 0.293. The number of H-pyrrole nitrogens is 1. The molecule has 27 heavy (non-hydrogen) atoms. The van der Waals surface area contributed by atoms with Crippen molar-refractivity contribution in [2.24, 2.45) is 0 Å². The Morgan fingerprint density at radius 3 is 2.85 bits per heavy atom. The number of carbonyl (C=O) groups excluding carboxylic acids is 1. The van der Waals surface area contributed by atoms with Gasteiger partial charge in [0.25, 0.3) is 0 Å². The summed E-state index contributed by atoms with van der Waals surface area (Å²) in [6.07, 6.45) is 2.90. The number of hydrogen-bond acceptors (Lipinski definition) is 3. The zero-order chi connectivity index (χ0) is 18.8. The van der Waals surface area contributed by atoms with Crippen molar-refractivity contribution in [3.8, 4) is 5.95 Å². The molecule has 7 heteroatoms. The fourth-order valence-electron chi connectivity index (χ4n) is 2.74. The summed E-state index contributed by atoms with van der Waals surface area (Å²) in [7, 11) is 0. The van der Waals surface area contributed by atoms with Gasteiger partial charge in [-0.1, -0.05) is 24.3 Å². The molecule has 2 aromatic heterocycles. The van der Waals surface area contributed by atoms with Crippen LogP contribution >= 0.6 is 0 Å². The minimum absolute atomic E-state index is 0.350. The lowest BCUT2D eigenvalue weighted by molar-refractivity contribution is -0.111. The summed E-state index contributed by atoms with van der Waals surface area (Å²) in [6.45, 7) is 1.83. The molecule has 2 heterocycles. The zero-order valence-corrected chi connectivity index (χ0v) is 14.5. The van der Waals surface area contributed by atoms with Gasteiger partial charge in [-0.25, -0.2) is 9.37 Å². The van der Waals surface area contributed by atoms with E-state index in [2.05, 4.69) is 20.4 Å². The van der Waals surface area contributed by atoms with E-state index in [0.717, 1.165) is 16.7 Å². The van der Waals surface area contributed by atoms with Crippen LogP contribution in [0.2, 0.25) is 0 Å². The van der Waals surface area contributed by atoms with Crippen LogP contribution in [0.4, 0.5) is 10.2 Å². The minimum Gasteiger partial charge on any atom is -0.322 e. The van der Waals surface area contributed by atoms with Crippen LogP contribution in [0.25, 0.3) is 23.1 Å². The van der Waals surface area contributed by atoms with Crippen LogP contribution in [0.15, 0.2) is 60.7 Å². The lowest BCUT2D eigenvalue weighted by atomic mass is 10.2. The standard InChI is InChI=1S/C20H16FN5O/c1-13-11-18(24-19(27)10-9-14-5-4-6-15(21)12-14)26(25-13)20-22-16-7-2-3-8-17(16)23-20/h2-12H,1H3,(H,22,23)(H,24,27). The zero-order valence-electron chi connectivity index (χ0n) is 14.5. The summed E-state index contributed by atoms with van der Waals surface area (Å²) in [6, 6.07) is 15.4. The molecule has 0 fully saturated rings. The molecule has 0 spiro atoms. The Balaban J connectivity index is 1.58. The van der Waals surface area contributed by atoms with Crippen LogP contribution in [0.1, 0.15) is 11.3 Å². The molecule has 0 aliphatic carbocycles. The summed E-state index contributed by atoms with van der Waals surface area (Å²) >= 11 is 0. The molecule has 0 saturated heterocycles. The lowest BCUT2D eigenvalue weighted by Gasteiger charge is -2.04. The van der Waals surface area contributed by atoms with Crippen molar-refractivity contribution >= 4 is 28.8 Å². The van der Waals surface area contributed by atoms with Gasteiger partial charge in [0.2, 0.25) is 11.9 Å². The number of aromatic amines is 1. The highest BCUT2D eigenvalue weighted by Crippen LogP contribution is 2.18. The number of nitrogens with zero attached hydrogens (tertiary/aromatic N) is 3. The summed E-state index contributed by atoms with van der Waals surface area (Å²) in [5.41, 5.74) is 3.03. The molecular weight excluding hydrogens is 345 g/mol. The molecule has 0 unspecified atom stereocenters. The van der Waals surface area contributed by atoms with E-state index < -0.39 is 0 Å². The topological polar surface area (TPSA) is 75.6 Å². The van der Waals surface area contributed by atoms with Gasteiger partial charge in [-0.15, -0.1) is 0 Å². The quantitative estimate of drug-likeness (QED) is 0.542. The second kappa shape index (κ2) is 6.87. The number of amides is 1. The van der Waals surface area contributed by atoms with Crippen LogP contribution in [0, 0.1) is 12.7 Å². The molecule has 134 valence electrons. The van der Waals surface area contributed by atoms with E-state index in [9.17, 15) is 9.18 Å². The lowest BCUT2D eigenvalue weighted by Crippen LogP contribution is -2.13. The molecule has 2 N–H and O–H groups in total. The van der Waals surface area contributed by atoms with Gasteiger partial charge in [0.1, 0.15) is 11.6 Å². The van der Waals surface area contributed by atoms with E-state index >= 15 is 0 Å². The third-order valence-corrected chi connectivity index (χ3v) is 3.94. The minimum atomic E-state index is -0.351. The van der Waals surface area contributed by atoms with Gasteiger partial charge >= 0.3 is 0 Å². The number of anilines is 1. The largest absolute Gasteiger partial charge is 0.322 e. The molecule has 1 amide bonds. The van der Waals surface area contributed by atoms with E-state index in [1.807, 2.05) is 31.2 Å². The number of imidazole rings is 1. The molecule has 0 radical (unpaired) electrons. The first-order chi connectivity index (χ1) is 13.1. The van der Waals surface area contributed by atoms with Gasteiger partial charge in [0, 0.05) is 12.1 Å². The van der Waals surface area contributed by atoms with Crippen molar-refractivity contribution in [1.82, 2.24) is 19.7 Å². The monoisotopic (exact) mass is 361 g/mol. The maximum Gasteiger partial charge on any atom is 0.249 e. The van der Waals surface area contributed by atoms with E-state index in [4.69, 9.17) is 0 Å². The summed E-state index contributed by atoms with van der Waals surface area (Å²) < 4.78 is 14.8. The predicted molar refractivity (Wildman–Crippen MR) is 102 cm³/mol. The molecule has 0 bridgehead atoms. The fourth-order valence-corrected chi connectivity index (χ4v) is 2.74. The number of rotatable bonds is 4. The first-order valence-corrected chi connectivity index (χ1v) is 8.35. The van der Waals surface area contributed by atoms with Crippen molar-refractivity contribution in [3.05, 3.63) is 77.7 Å². The molecule has 0 aliphatic heterocycles. The van der Waals surface area contributed by atoms with Crippen LogP contribution < -0.4 is 5.32 Å². The van der Waals surface area contributed by atoms with Gasteiger partial charge < -0.3 is 10.3 Å². The molecular formula is C20H16FN5O. The highest BCUT2D eigenvalue weighted by atomic mass is 19.1. The first-order valence-electron chi connectivity index (χ1n) is 8.35. The Labute approximate surface area is 154 Å². The van der Waals surface area contributed by atoms with Gasteiger partial charge in [0.05, 0.1) is 16.7 Å². The number of aromatic nitrogens is 4. The average Bonchev–Trinajstić information content (AvgIpc) is 3.23.